The van der Waals surface area contributed by atoms with Crippen LogP contribution in [0.15, 0.2) is 0 Å². The molecule has 0 amide bonds. The first kappa shape index (κ1) is 10.9. The van der Waals surface area contributed by atoms with Crippen LogP contribution in [0.1, 0.15) is 34.1 Å². The van der Waals surface area contributed by atoms with Gasteiger partial charge in [0, 0.05) is 12.1 Å². The Balaban J connectivity index is 2.91. The van der Waals surface area contributed by atoms with Crippen molar-refractivity contribution >= 4 is 0 Å². The van der Waals surface area contributed by atoms with E-state index in [1.807, 2.05) is 0 Å². The summed E-state index contributed by atoms with van der Waals surface area (Å²) in [6, 6.07) is 1.24. The van der Waals surface area contributed by atoms with Gasteiger partial charge in [-0.3, -0.25) is 0 Å². The van der Waals surface area contributed by atoms with Gasteiger partial charge < -0.3 is 10.6 Å². The van der Waals surface area contributed by atoms with Crippen molar-refractivity contribution in [3.63, 3.8) is 0 Å². The van der Waals surface area contributed by atoms with E-state index in [9.17, 15) is 0 Å². The molecule has 0 saturated carbocycles. The van der Waals surface area contributed by atoms with E-state index in [1.54, 1.807) is 0 Å². The van der Waals surface area contributed by atoms with Crippen LogP contribution in [-0.4, -0.2) is 25.2 Å². The lowest BCUT2D eigenvalue weighted by Crippen LogP contribution is -2.29. The van der Waals surface area contributed by atoms with Gasteiger partial charge in [0.1, 0.15) is 0 Å². The molecular formula is C9H22N2. The average molecular weight is 158 g/mol. The minimum Gasteiger partial charge on any atom is -0.314 e. The Morgan fingerprint density at radius 1 is 0.818 bits per heavy atom. The zero-order valence-electron chi connectivity index (χ0n) is 8.28. The first-order valence-corrected chi connectivity index (χ1v) is 4.59. The lowest BCUT2D eigenvalue weighted by molar-refractivity contribution is 0.523. The lowest BCUT2D eigenvalue weighted by Gasteiger charge is -2.09. The van der Waals surface area contributed by atoms with Crippen LogP contribution in [0.4, 0.5) is 0 Å². The summed E-state index contributed by atoms with van der Waals surface area (Å²) in [7, 11) is 0. The van der Waals surface area contributed by atoms with Crippen molar-refractivity contribution in [2.75, 3.05) is 13.1 Å². The van der Waals surface area contributed by atoms with E-state index in [-0.39, 0.29) is 0 Å². The molecule has 0 aromatic rings. The second-order valence-corrected chi connectivity index (χ2v) is 3.57. The molecule has 2 heteroatoms. The van der Waals surface area contributed by atoms with Gasteiger partial charge >= 0.3 is 0 Å². The molecule has 0 radical (unpaired) electrons. The monoisotopic (exact) mass is 158 g/mol. The van der Waals surface area contributed by atoms with Crippen molar-refractivity contribution in [2.24, 2.45) is 0 Å². The van der Waals surface area contributed by atoms with Crippen LogP contribution < -0.4 is 10.6 Å². The number of hydrogen-bond acceptors (Lipinski definition) is 2. The molecule has 0 aromatic carbocycles. The summed E-state index contributed by atoms with van der Waals surface area (Å²) in [6.45, 7) is 11.0. The molecule has 0 bridgehead atoms. The van der Waals surface area contributed by atoms with Gasteiger partial charge in [-0.25, -0.2) is 0 Å². The molecule has 2 N–H and O–H groups in total. The second kappa shape index (κ2) is 6.62. The van der Waals surface area contributed by atoms with Crippen molar-refractivity contribution in [3.05, 3.63) is 0 Å². The van der Waals surface area contributed by atoms with E-state index < -0.39 is 0 Å². The highest BCUT2D eigenvalue weighted by Gasteiger charge is 1.92. The van der Waals surface area contributed by atoms with E-state index in [2.05, 4.69) is 38.3 Å². The van der Waals surface area contributed by atoms with Gasteiger partial charge in [-0.15, -0.1) is 0 Å². The highest BCUT2D eigenvalue weighted by atomic mass is 14.9. The summed E-state index contributed by atoms with van der Waals surface area (Å²) in [4.78, 5) is 0. The standard InChI is InChI=1S/C9H22N2/c1-8(2)10-6-5-7-11-9(3)4/h8-11H,5-7H2,1-4H3. The van der Waals surface area contributed by atoms with Crippen molar-refractivity contribution < 1.29 is 0 Å². The van der Waals surface area contributed by atoms with Crippen LogP contribution in [0.5, 0.6) is 0 Å². The summed E-state index contributed by atoms with van der Waals surface area (Å²) in [6.07, 6.45) is 1.22. The Bertz CT molecular complexity index is 69.6. The summed E-state index contributed by atoms with van der Waals surface area (Å²) < 4.78 is 0. The van der Waals surface area contributed by atoms with Crippen LogP contribution in [0.3, 0.4) is 0 Å². The fourth-order valence-electron chi connectivity index (χ4n) is 0.870. The largest absolute Gasteiger partial charge is 0.314 e. The van der Waals surface area contributed by atoms with E-state index in [4.69, 9.17) is 0 Å². The van der Waals surface area contributed by atoms with Gasteiger partial charge in [0.05, 0.1) is 0 Å². The first-order chi connectivity index (χ1) is 5.13. The third kappa shape index (κ3) is 9.92. The molecule has 0 aliphatic heterocycles. The van der Waals surface area contributed by atoms with Gasteiger partial charge in [0.25, 0.3) is 0 Å². The molecule has 0 fully saturated rings. The molecule has 0 rings (SSSR count). The summed E-state index contributed by atoms with van der Waals surface area (Å²) in [5.74, 6) is 0. The summed E-state index contributed by atoms with van der Waals surface area (Å²) >= 11 is 0. The Morgan fingerprint density at radius 3 is 1.45 bits per heavy atom. The van der Waals surface area contributed by atoms with E-state index in [0.717, 1.165) is 13.1 Å². The maximum Gasteiger partial charge on any atom is 0.00103 e. The van der Waals surface area contributed by atoms with Gasteiger partial charge in [-0.2, -0.15) is 0 Å². The molecule has 0 aromatic heterocycles. The summed E-state index contributed by atoms with van der Waals surface area (Å²) in [5, 5.41) is 6.76. The Hall–Kier alpha value is -0.0800. The van der Waals surface area contributed by atoms with Gasteiger partial charge in [-0.05, 0) is 19.5 Å². The third-order valence-corrected chi connectivity index (χ3v) is 1.46. The predicted octanol–water partition coefficient (Wildman–Crippen LogP) is 1.37. The zero-order valence-corrected chi connectivity index (χ0v) is 8.28. The van der Waals surface area contributed by atoms with E-state index >= 15 is 0 Å². The molecule has 0 aliphatic carbocycles. The molecule has 68 valence electrons. The minimum atomic E-state index is 0.619. The SMILES string of the molecule is CC(C)NCCCNC(C)C. The smallest absolute Gasteiger partial charge is 0.00103 e. The van der Waals surface area contributed by atoms with Gasteiger partial charge in [0.2, 0.25) is 0 Å². The predicted molar refractivity (Wildman–Crippen MR) is 50.9 cm³/mol. The van der Waals surface area contributed by atoms with Crippen LogP contribution in [0, 0.1) is 0 Å². The van der Waals surface area contributed by atoms with Crippen molar-refractivity contribution in [3.8, 4) is 0 Å². The third-order valence-electron chi connectivity index (χ3n) is 1.46. The van der Waals surface area contributed by atoms with Crippen molar-refractivity contribution in [2.45, 2.75) is 46.2 Å². The highest BCUT2D eigenvalue weighted by molar-refractivity contribution is 4.56. The number of hydrogen-bond donors (Lipinski definition) is 2. The highest BCUT2D eigenvalue weighted by Crippen LogP contribution is 1.81. The van der Waals surface area contributed by atoms with Crippen LogP contribution in [0.25, 0.3) is 0 Å². The molecule has 2 nitrogen and oxygen atoms in total. The maximum atomic E-state index is 3.38. The van der Waals surface area contributed by atoms with E-state index in [0.29, 0.717) is 12.1 Å². The average Bonchev–Trinajstić information content (AvgIpc) is 1.85. The topological polar surface area (TPSA) is 24.1 Å². The van der Waals surface area contributed by atoms with Crippen LogP contribution in [-0.2, 0) is 0 Å². The molecule has 0 unspecified atom stereocenters. The Kier molecular flexibility index (Phi) is 6.57. The van der Waals surface area contributed by atoms with Gasteiger partial charge in [0.15, 0.2) is 0 Å². The molecule has 0 saturated heterocycles. The zero-order chi connectivity index (χ0) is 8.69. The molecule has 0 aliphatic rings. The molecule has 11 heavy (non-hydrogen) atoms. The van der Waals surface area contributed by atoms with Crippen LogP contribution >= 0.6 is 0 Å². The molecule has 0 spiro atoms. The lowest BCUT2D eigenvalue weighted by atomic mass is 10.3. The molecule has 0 atom stereocenters. The van der Waals surface area contributed by atoms with Crippen LogP contribution in [0.2, 0.25) is 0 Å². The fourth-order valence-corrected chi connectivity index (χ4v) is 0.870. The first-order valence-electron chi connectivity index (χ1n) is 4.59. The normalized spacial score (nSPS) is 11.5. The number of nitrogens with one attached hydrogen (secondary N) is 2. The molecule has 0 heterocycles. The van der Waals surface area contributed by atoms with Gasteiger partial charge in [-0.1, -0.05) is 27.7 Å². The summed E-state index contributed by atoms with van der Waals surface area (Å²) in [5.41, 5.74) is 0. The van der Waals surface area contributed by atoms with Crippen molar-refractivity contribution in [1.82, 2.24) is 10.6 Å². The van der Waals surface area contributed by atoms with Crippen molar-refractivity contribution in [1.29, 1.82) is 0 Å². The second-order valence-electron chi connectivity index (χ2n) is 3.57. The quantitative estimate of drug-likeness (QED) is 0.571. The maximum absolute atomic E-state index is 3.38. The minimum absolute atomic E-state index is 0.619. The fraction of sp³-hybridized carbons (Fsp3) is 1.00. The van der Waals surface area contributed by atoms with E-state index in [1.165, 1.54) is 6.42 Å². The Morgan fingerprint density at radius 2 is 1.18 bits per heavy atom. The molecular weight excluding hydrogens is 136 g/mol. The Labute approximate surface area is 70.8 Å². The number of rotatable bonds is 6.